The number of hydrogen-bond donors (Lipinski definition) is 2. The number of nitrogens with two attached hydrogens (primary N) is 1. The Balaban J connectivity index is 2.91. The summed E-state index contributed by atoms with van der Waals surface area (Å²) in [5.41, 5.74) is 5.38. The summed E-state index contributed by atoms with van der Waals surface area (Å²) in [7, 11) is 0. The van der Waals surface area contributed by atoms with Gasteiger partial charge in [0.2, 0.25) is 12.2 Å². The topological polar surface area (TPSA) is 55.1 Å². The molecule has 3 N–H and O–H groups in total. The molecule has 0 aliphatic heterocycles. The fraction of sp³-hybridized carbons (Fsp3) is 0.364. The van der Waals surface area contributed by atoms with Crippen molar-refractivity contribution in [2.24, 2.45) is 0 Å². The lowest BCUT2D eigenvalue weighted by atomic mass is 10.00. The summed E-state index contributed by atoms with van der Waals surface area (Å²) in [6, 6.07) is 2.24. The van der Waals surface area contributed by atoms with E-state index in [0.717, 1.165) is 6.07 Å². The highest BCUT2D eigenvalue weighted by Crippen LogP contribution is 2.29. The molecule has 1 aromatic carbocycles. The zero-order chi connectivity index (χ0) is 14.7. The van der Waals surface area contributed by atoms with Crippen LogP contribution in [0.3, 0.4) is 0 Å². The Morgan fingerprint density at radius 2 is 1.95 bits per heavy atom. The number of nitrogen functional groups attached to an aromatic ring is 1. The van der Waals surface area contributed by atoms with Crippen LogP contribution in [0, 0.1) is 5.82 Å². The second-order valence-corrected chi connectivity index (χ2v) is 4.72. The van der Waals surface area contributed by atoms with Crippen molar-refractivity contribution in [2.75, 3.05) is 5.73 Å². The van der Waals surface area contributed by atoms with Gasteiger partial charge in [0.15, 0.2) is 0 Å². The van der Waals surface area contributed by atoms with Gasteiger partial charge in [-0.3, -0.25) is 4.79 Å². The minimum Gasteiger partial charge on any atom is -0.396 e. The third-order valence-corrected chi connectivity index (χ3v) is 3.16. The molecule has 1 rings (SSSR count). The van der Waals surface area contributed by atoms with Crippen molar-refractivity contribution in [3.63, 3.8) is 0 Å². The number of rotatable bonds is 4. The Morgan fingerprint density at radius 1 is 1.37 bits per heavy atom. The van der Waals surface area contributed by atoms with E-state index in [-0.39, 0.29) is 11.3 Å². The maximum absolute atomic E-state index is 13.3. The SMILES string of the molecule is CC(C(=O)NC(F)C(F)F)c1cc(F)c(N)cc1Br. The average Bonchev–Trinajstić information content (AvgIpc) is 2.32. The molecule has 3 nitrogen and oxygen atoms in total. The number of amides is 1. The van der Waals surface area contributed by atoms with E-state index in [2.05, 4.69) is 15.9 Å². The normalized spacial score (nSPS) is 14.3. The lowest BCUT2D eigenvalue weighted by Crippen LogP contribution is -2.38. The number of benzene rings is 1. The molecule has 0 aliphatic carbocycles. The van der Waals surface area contributed by atoms with Crippen molar-refractivity contribution in [1.82, 2.24) is 5.32 Å². The van der Waals surface area contributed by atoms with Gasteiger partial charge < -0.3 is 11.1 Å². The molecule has 106 valence electrons. The van der Waals surface area contributed by atoms with Crippen LogP contribution in [0.5, 0.6) is 0 Å². The first-order valence-electron chi connectivity index (χ1n) is 5.21. The van der Waals surface area contributed by atoms with E-state index < -0.39 is 30.4 Å². The van der Waals surface area contributed by atoms with Crippen LogP contribution in [0.4, 0.5) is 23.2 Å². The van der Waals surface area contributed by atoms with E-state index in [0.29, 0.717) is 4.47 Å². The maximum Gasteiger partial charge on any atom is 0.287 e. The molecule has 0 aliphatic rings. The van der Waals surface area contributed by atoms with Gasteiger partial charge in [-0.15, -0.1) is 0 Å². The Bertz CT molecular complexity index is 484. The van der Waals surface area contributed by atoms with Crippen LogP contribution in [-0.4, -0.2) is 18.6 Å². The Hall–Kier alpha value is -1.31. The van der Waals surface area contributed by atoms with Gasteiger partial charge in [-0.05, 0) is 24.6 Å². The number of nitrogens with one attached hydrogen (secondary N) is 1. The molecule has 0 spiro atoms. The second kappa shape index (κ2) is 6.23. The van der Waals surface area contributed by atoms with Crippen molar-refractivity contribution in [3.8, 4) is 0 Å². The molecular formula is C11H11BrF4N2O. The van der Waals surface area contributed by atoms with E-state index in [1.165, 1.54) is 18.3 Å². The maximum atomic E-state index is 13.3. The Labute approximate surface area is 115 Å². The highest BCUT2D eigenvalue weighted by molar-refractivity contribution is 9.10. The summed E-state index contributed by atoms with van der Waals surface area (Å²) in [5, 5.41) is 1.51. The fourth-order valence-corrected chi connectivity index (χ4v) is 2.08. The van der Waals surface area contributed by atoms with Gasteiger partial charge >= 0.3 is 0 Å². The minimum atomic E-state index is -3.32. The van der Waals surface area contributed by atoms with Crippen LogP contribution >= 0.6 is 15.9 Å². The molecule has 2 unspecified atom stereocenters. The first-order chi connectivity index (χ1) is 8.73. The smallest absolute Gasteiger partial charge is 0.287 e. The molecule has 1 amide bonds. The molecule has 0 saturated carbocycles. The molecule has 19 heavy (non-hydrogen) atoms. The van der Waals surface area contributed by atoms with Gasteiger partial charge in [-0.25, -0.2) is 17.6 Å². The zero-order valence-electron chi connectivity index (χ0n) is 9.76. The van der Waals surface area contributed by atoms with Gasteiger partial charge in [0.25, 0.3) is 6.43 Å². The Morgan fingerprint density at radius 3 is 2.47 bits per heavy atom. The summed E-state index contributed by atoms with van der Waals surface area (Å²) >= 11 is 3.08. The molecular weight excluding hydrogens is 332 g/mol. The van der Waals surface area contributed by atoms with E-state index in [9.17, 15) is 22.4 Å². The molecule has 0 radical (unpaired) electrons. The first kappa shape index (κ1) is 15.7. The molecule has 8 heteroatoms. The van der Waals surface area contributed by atoms with Crippen LogP contribution in [0.25, 0.3) is 0 Å². The molecule has 0 heterocycles. The molecule has 2 atom stereocenters. The largest absolute Gasteiger partial charge is 0.396 e. The van der Waals surface area contributed by atoms with Gasteiger partial charge in [-0.2, -0.15) is 0 Å². The van der Waals surface area contributed by atoms with Gasteiger partial charge in [0.05, 0.1) is 11.6 Å². The molecule has 0 aromatic heterocycles. The minimum absolute atomic E-state index is 0.126. The lowest BCUT2D eigenvalue weighted by molar-refractivity contribution is -0.126. The predicted molar refractivity (Wildman–Crippen MR) is 66.0 cm³/mol. The zero-order valence-corrected chi connectivity index (χ0v) is 11.3. The van der Waals surface area contributed by atoms with E-state index in [1.54, 1.807) is 0 Å². The third kappa shape index (κ3) is 3.82. The van der Waals surface area contributed by atoms with Crippen LogP contribution < -0.4 is 11.1 Å². The fourth-order valence-electron chi connectivity index (χ4n) is 1.37. The molecule has 0 bridgehead atoms. The van der Waals surface area contributed by atoms with Crippen LogP contribution in [-0.2, 0) is 4.79 Å². The van der Waals surface area contributed by atoms with Crippen LogP contribution in [0.2, 0.25) is 0 Å². The Kier molecular flexibility index (Phi) is 5.16. The summed E-state index contributed by atoms with van der Waals surface area (Å²) < 4.78 is 50.3. The quantitative estimate of drug-likeness (QED) is 0.502. The highest BCUT2D eigenvalue weighted by atomic mass is 79.9. The van der Waals surface area contributed by atoms with E-state index in [1.807, 2.05) is 0 Å². The first-order valence-corrected chi connectivity index (χ1v) is 6.00. The van der Waals surface area contributed by atoms with E-state index in [4.69, 9.17) is 5.73 Å². The van der Waals surface area contributed by atoms with Gasteiger partial charge in [-0.1, -0.05) is 15.9 Å². The lowest BCUT2D eigenvalue weighted by Gasteiger charge is -2.16. The number of alkyl halides is 3. The molecule has 1 aromatic rings. The van der Waals surface area contributed by atoms with Crippen molar-refractivity contribution < 1.29 is 22.4 Å². The number of anilines is 1. The van der Waals surface area contributed by atoms with Crippen molar-refractivity contribution in [1.29, 1.82) is 0 Å². The summed E-state index contributed by atoms with van der Waals surface area (Å²) in [4.78, 5) is 11.5. The van der Waals surface area contributed by atoms with Crippen LogP contribution in [0.1, 0.15) is 18.4 Å². The standard InChI is InChI=1S/C11H11BrF4N2O/c1-4(11(19)18-10(16)9(14)15)5-2-7(13)8(17)3-6(5)12/h2-4,9-10H,17H2,1H3,(H,18,19). The number of carbonyl (C=O) groups excluding carboxylic acids is 1. The summed E-state index contributed by atoms with van der Waals surface area (Å²) in [6.45, 7) is 1.34. The monoisotopic (exact) mass is 342 g/mol. The second-order valence-electron chi connectivity index (χ2n) is 3.86. The van der Waals surface area contributed by atoms with Gasteiger partial charge in [0, 0.05) is 4.47 Å². The third-order valence-electron chi connectivity index (χ3n) is 2.48. The summed E-state index contributed by atoms with van der Waals surface area (Å²) in [5.74, 6) is -2.73. The van der Waals surface area contributed by atoms with Crippen molar-refractivity contribution in [3.05, 3.63) is 28.0 Å². The number of hydrogen-bond acceptors (Lipinski definition) is 2. The van der Waals surface area contributed by atoms with Crippen molar-refractivity contribution in [2.45, 2.75) is 25.6 Å². The van der Waals surface area contributed by atoms with Crippen molar-refractivity contribution >= 4 is 27.5 Å². The number of carbonyl (C=O) groups is 1. The molecule has 0 fully saturated rings. The van der Waals surface area contributed by atoms with E-state index >= 15 is 0 Å². The predicted octanol–water partition coefficient (Wildman–Crippen LogP) is 2.95. The average molecular weight is 343 g/mol. The van der Waals surface area contributed by atoms with Gasteiger partial charge in [0.1, 0.15) is 5.82 Å². The highest BCUT2D eigenvalue weighted by Gasteiger charge is 2.26. The molecule has 0 saturated heterocycles. The number of halogens is 5. The van der Waals surface area contributed by atoms with Crippen LogP contribution in [0.15, 0.2) is 16.6 Å². The summed E-state index contributed by atoms with van der Waals surface area (Å²) in [6.07, 6.45) is -6.07.